The molecule has 0 spiro atoms. The Morgan fingerprint density at radius 2 is 2.06 bits per heavy atom. The molecule has 0 saturated carbocycles. The molecular formula is C13H20FNO2. The van der Waals surface area contributed by atoms with Gasteiger partial charge in [-0.05, 0) is 44.0 Å². The van der Waals surface area contributed by atoms with E-state index in [-0.39, 0.29) is 5.82 Å². The average Bonchev–Trinajstić information content (AvgIpc) is 2.34. The van der Waals surface area contributed by atoms with Gasteiger partial charge in [0, 0.05) is 12.2 Å². The molecule has 1 rings (SSSR count). The number of methoxy groups -OCH3 is 1. The van der Waals surface area contributed by atoms with E-state index in [1.165, 1.54) is 12.1 Å². The Bertz CT molecular complexity index is 331. The van der Waals surface area contributed by atoms with Gasteiger partial charge in [-0.15, -0.1) is 0 Å². The van der Waals surface area contributed by atoms with Gasteiger partial charge in [0.15, 0.2) is 0 Å². The van der Waals surface area contributed by atoms with Gasteiger partial charge < -0.3 is 15.2 Å². The first-order chi connectivity index (χ1) is 8.27. The largest absolute Gasteiger partial charge is 0.496 e. The smallest absolute Gasteiger partial charge is 0.124 e. The van der Waals surface area contributed by atoms with Gasteiger partial charge >= 0.3 is 0 Å². The third-order valence-electron chi connectivity index (χ3n) is 2.49. The van der Waals surface area contributed by atoms with Gasteiger partial charge in [-0.2, -0.15) is 0 Å². The molecule has 1 aromatic carbocycles. The van der Waals surface area contributed by atoms with Crippen LogP contribution < -0.4 is 10.5 Å². The quantitative estimate of drug-likeness (QED) is 0.711. The molecular weight excluding hydrogens is 221 g/mol. The van der Waals surface area contributed by atoms with Crippen molar-refractivity contribution in [2.75, 3.05) is 20.3 Å². The highest BCUT2D eigenvalue weighted by Crippen LogP contribution is 2.20. The van der Waals surface area contributed by atoms with Crippen LogP contribution in [-0.4, -0.2) is 20.3 Å². The minimum atomic E-state index is -0.271. The fourth-order valence-corrected chi connectivity index (χ4v) is 1.57. The van der Waals surface area contributed by atoms with E-state index in [4.69, 9.17) is 15.2 Å². The first kappa shape index (κ1) is 13.9. The molecule has 0 fully saturated rings. The molecule has 4 heteroatoms. The van der Waals surface area contributed by atoms with Crippen LogP contribution in [0.4, 0.5) is 4.39 Å². The van der Waals surface area contributed by atoms with Crippen molar-refractivity contribution < 1.29 is 13.9 Å². The maximum Gasteiger partial charge on any atom is 0.124 e. The monoisotopic (exact) mass is 241 g/mol. The molecule has 0 bridgehead atoms. The van der Waals surface area contributed by atoms with E-state index in [1.54, 1.807) is 13.2 Å². The lowest BCUT2D eigenvalue weighted by atomic mass is 10.2. The maximum atomic E-state index is 13.0. The number of benzene rings is 1. The van der Waals surface area contributed by atoms with Gasteiger partial charge in [-0.3, -0.25) is 0 Å². The Kier molecular flexibility index (Phi) is 6.58. The lowest BCUT2D eigenvalue weighted by molar-refractivity contribution is 0.115. The number of rotatable bonds is 8. The van der Waals surface area contributed by atoms with E-state index < -0.39 is 0 Å². The molecule has 0 aliphatic heterocycles. The summed E-state index contributed by atoms with van der Waals surface area (Å²) >= 11 is 0. The number of unbranched alkanes of at least 4 members (excludes halogenated alkanes) is 2. The Morgan fingerprint density at radius 3 is 2.76 bits per heavy atom. The Morgan fingerprint density at radius 1 is 1.24 bits per heavy atom. The number of nitrogens with two attached hydrogens (primary N) is 1. The number of hydrogen-bond donors (Lipinski definition) is 1. The molecule has 0 unspecified atom stereocenters. The molecule has 0 saturated heterocycles. The van der Waals surface area contributed by atoms with Crippen molar-refractivity contribution in [1.29, 1.82) is 0 Å². The second-order valence-electron chi connectivity index (χ2n) is 3.86. The zero-order chi connectivity index (χ0) is 12.5. The highest BCUT2D eigenvalue weighted by Gasteiger charge is 2.04. The molecule has 0 aliphatic rings. The lowest BCUT2D eigenvalue weighted by Gasteiger charge is -2.09. The van der Waals surface area contributed by atoms with Crippen molar-refractivity contribution >= 4 is 0 Å². The van der Waals surface area contributed by atoms with Gasteiger partial charge in [-0.25, -0.2) is 4.39 Å². The van der Waals surface area contributed by atoms with Crippen LogP contribution in [0, 0.1) is 5.82 Å². The molecule has 0 aromatic heterocycles. The first-order valence-electron chi connectivity index (χ1n) is 5.88. The third kappa shape index (κ3) is 5.15. The molecule has 3 nitrogen and oxygen atoms in total. The molecule has 0 aliphatic carbocycles. The SMILES string of the molecule is COc1ccc(F)cc1COCCCCCN. The molecule has 0 heterocycles. The molecule has 96 valence electrons. The summed E-state index contributed by atoms with van der Waals surface area (Å²) in [6.45, 7) is 1.76. The summed E-state index contributed by atoms with van der Waals surface area (Å²) in [7, 11) is 1.57. The van der Waals surface area contributed by atoms with Gasteiger partial charge in [0.2, 0.25) is 0 Å². The van der Waals surface area contributed by atoms with E-state index in [0.717, 1.165) is 31.4 Å². The minimum absolute atomic E-state index is 0.271. The predicted molar refractivity (Wildman–Crippen MR) is 65.5 cm³/mol. The van der Waals surface area contributed by atoms with Crippen LogP contribution in [0.5, 0.6) is 5.75 Å². The van der Waals surface area contributed by atoms with Crippen LogP contribution in [0.2, 0.25) is 0 Å². The second-order valence-corrected chi connectivity index (χ2v) is 3.86. The van der Waals surface area contributed by atoms with Gasteiger partial charge in [-0.1, -0.05) is 0 Å². The van der Waals surface area contributed by atoms with E-state index in [0.29, 0.717) is 19.0 Å². The van der Waals surface area contributed by atoms with Crippen LogP contribution in [0.15, 0.2) is 18.2 Å². The summed E-state index contributed by atoms with van der Waals surface area (Å²) in [5, 5.41) is 0. The van der Waals surface area contributed by atoms with E-state index in [1.807, 2.05) is 0 Å². The molecule has 0 amide bonds. The highest BCUT2D eigenvalue weighted by atomic mass is 19.1. The van der Waals surface area contributed by atoms with E-state index in [2.05, 4.69) is 0 Å². The summed E-state index contributed by atoms with van der Waals surface area (Å²) < 4.78 is 23.6. The van der Waals surface area contributed by atoms with Crippen LogP contribution in [0.25, 0.3) is 0 Å². The molecule has 0 atom stereocenters. The van der Waals surface area contributed by atoms with Crippen LogP contribution in [0.3, 0.4) is 0 Å². The fourth-order valence-electron chi connectivity index (χ4n) is 1.57. The zero-order valence-electron chi connectivity index (χ0n) is 10.2. The normalized spacial score (nSPS) is 10.5. The maximum absolute atomic E-state index is 13.0. The fraction of sp³-hybridized carbons (Fsp3) is 0.538. The second kappa shape index (κ2) is 8.03. The summed E-state index contributed by atoms with van der Waals surface area (Å²) in [6.07, 6.45) is 3.07. The van der Waals surface area contributed by atoms with Crippen LogP contribution in [-0.2, 0) is 11.3 Å². The van der Waals surface area contributed by atoms with Crippen molar-refractivity contribution in [3.8, 4) is 5.75 Å². The lowest BCUT2D eigenvalue weighted by Crippen LogP contribution is -2.01. The van der Waals surface area contributed by atoms with Gasteiger partial charge in [0.25, 0.3) is 0 Å². The van der Waals surface area contributed by atoms with E-state index in [9.17, 15) is 4.39 Å². The Labute approximate surface area is 102 Å². The van der Waals surface area contributed by atoms with Gasteiger partial charge in [0.05, 0.1) is 13.7 Å². The van der Waals surface area contributed by atoms with Crippen molar-refractivity contribution in [2.45, 2.75) is 25.9 Å². The topological polar surface area (TPSA) is 44.5 Å². The Balaban J connectivity index is 2.32. The van der Waals surface area contributed by atoms with Crippen molar-refractivity contribution in [3.05, 3.63) is 29.6 Å². The molecule has 17 heavy (non-hydrogen) atoms. The van der Waals surface area contributed by atoms with E-state index >= 15 is 0 Å². The summed E-state index contributed by atoms with van der Waals surface area (Å²) in [4.78, 5) is 0. The molecule has 1 aromatic rings. The van der Waals surface area contributed by atoms with Gasteiger partial charge in [0.1, 0.15) is 11.6 Å². The molecule has 2 N–H and O–H groups in total. The van der Waals surface area contributed by atoms with Crippen molar-refractivity contribution in [1.82, 2.24) is 0 Å². The van der Waals surface area contributed by atoms with Crippen molar-refractivity contribution in [3.63, 3.8) is 0 Å². The standard InChI is InChI=1S/C13H20FNO2/c1-16-13-6-5-12(14)9-11(13)10-17-8-4-2-3-7-15/h5-6,9H,2-4,7-8,10,15H2,1H3. The Hall–Kier alpha value is -1.13. The molecule has 0 radical (unpaired) electrons. The third-order valence-corrected chi connectivity index (χ3v) is 2.49. The van der Waals surface area contributed by atoms with Crippen LogP contribution >= 0.6 is 0 Å². The van der Waals surface area contributed by atoms with Crippen molar-refractivity contribution in [2.24, 2.45) is 5.73 Å². The predicted octanol–water partition coefficient (Wildman–Crippen LogP) is 2.48. The number of hydrogen-bond acceptors (Lipinski definition) is 3. The first-order valence-corrected chi connectivity index (χ1v) is 5.88. The summed E-state index contributed by atoms with van der Waals surface area (Å²) in [6, 6.07) is 4.44. The summed E-state index contributed by atoms with van der Waals surface area (Å²) in [5.41, 5.74) is 6.13. The van der Waals surface area contributed by atoms with Crippen LogP contribution in [0.1, 0.15) is 24.8 Å². The minimum Gasteiger partial charge on any atom is -0.496 e. The average molecular weight is 241 g/mol. The zero-order valence-corrected chi connectivity index (χ0v) is 10.2. The highest BCUT2D eigenvalue weighted by molar-refractivity contribution is 5.33. The number of halogens is 1. The summed E-state index contributed by atoms with van der Waals surface area (Å²) in [5.74, 6) is 0.390. The number of ether oxygens (including phenoxy) is 2.